The smallest absolute Gasteiger partial charge is 0.269 e. The van der Waals surface area contributed by atoms with Crippen molar-refractivity contribution in [1.29, 1.82) is 0 Å². The van der Waals surface area contributed by atoms with Crippen molar-refractivity contribution in [2.75, 3.05) is 6.54 Å². The van der Waals surface area contributed by atoms with E-state index < -0.39 is 4.92 Å². The van der Waals surface area contributed by atoms with Crippen molar-refractivity contribution in [1.82, 2.24) is 5.32 Å². The van der Waals surface area contributed by atoms with Gasteiger partial charge in [0.1, 0.15) is 0 Å². The molecule has 0 atom stereocenters. The van der Waals surface area contributed by atoms with Crippen LogP contribution in [0.5, 0.6) is 0 Å². The molecule has 0 spiro atoms. The number of hydrogen-bond acceptors (Lipinski definition) is 3. The minimum atomic E-state index is -0.431. The second-order valence-electron chi connectivity index (χ2n) is 4.44. The molecule has 108 valence electrons. The van der Waals surface area contributed by atoms with E-state index in [1.165, 1.54) is 12.1 Å². The van der Waals surface area contributed by atoms with E-state index in [0.717, 1.165) is 10.0 Å². The molecule has 0 aliphatic rings. The van der Waals surface area contributed by atoms with Crippen molar-refractivity contribution in [2.45, 2.75) is 6.42 Å². The van der Waals surface area contributed by atoms with Gasteiger partial charge in [0, 0.05) is 28.7 Å². The average Bonchev–Trinajstić information content (AvgIpc) is 2.48. The highest BCUT2D eigenvalue weighted by Gasteiger charge is 2.06. The normalized spacial score (nSPS) is 10.1. The monoisotopic (exact) mass is 348 g/mol. The van der Waals surface area contributed by atoms with Crippen LogP contribution in [0.1, 0.15) is 15.9 Å². The van der Waals surface area contributed by atoms with Crippen LogP contribution in [0.2, 0.25) is 0 Å². The lowest BCUT2D eigenvalue weighted by Crippen LogP contribution is -2.25. The second-order valence-corrected chi connectivity index (χ2v) is 5.35. The third kappa shape index (κ3) is 4.39. The summed E-state index contributed by atoms with van der Waals surface area (Å²) in [5.74, 6) is -0.135. The molecule has 0 saturated carbocycles. The zero-order valence-corrected chi connectivity index (χ0v) is 12.7. The molecule has 0 heterocycles. The Balaban J connectivity index is 1.85. The highest BCUT2D eigenvalue weighted by molar-refractivity contribution is 9.10. The van der Waals surface area contributed by atoms with Crippen LogP contribution in [0.25, 0.3) is 0 Å². The summed E-state index contributed by atoms with van der Waals surface area (Å²) in [5, 5.41) is 13.4. The molecule has 6 heteroatoms. The highest BCUT2D eigenvalue weighted by atomic mass is 79.9. The van der Waals surface area contributed by atoms with E-state index >= 15 is 0 Å². The molecule has 2 aromatic rings. The fourth-order valence-corrected chi connectivity index (χ4v) is 2.07. The molecule has 0 aliphatic carbocycles. The van der Waals surface area contributed by atoms with Gasteiger partial charge in [-0.3, -0.25) is 14.9 Å². The Hall–Kier alpha value is -2.21. The van der Waals surface area contributed by atoms with Gasteiger partial charge in [-0.25, -0.2) is 0 Å². The lowest BCUT2D eigenvalue weighted by atomic mass is 10.1. The van der Waals surface area contributed by atoms with E-state index in [1.54, 1.807) is 24.3 Å². The molecule has 21 heavy (non-hydrogen) atoms. The Morgan fingerprint density at radius 2 is 1.71 bits per heavy atom. The Morgan fingerprint density at radius 1 is 1.10 bits per heavy atom. The van der Waals surface area contributed by atoms with E-state index in [-0.39, 0.29) is 11.6 Å². The number of non-ortho nitro benzene ring substituents is 1. The first-order valence-corrected chi connectivity index (χ1v) is 7.12. The quantitative estimate of drug-likeness (QED) is 0.665. The minimum Gasteiger partial charge on any atom is -0.352 e. The zero-order chi connectivity index (χ0) is 15.2. The van der Waals surface area contributed by atoms with Gasteiger partial charge in [-0.2, -0.15) is 0 Å². The summed E-state index contributed by atoms with van der Waals surface area (Å²) in [6, 6.07) is 13.4. The van der Waals surface area contributed by atoms with Crippen LogP contribution in [0.4, 0.5) is 5.69 Å². The standard InChI is InChI=1S/C15H13BrN2O3/c16-13-5-3-12(4-6-13)15(19)17-10-9-11-1-7-14(8-2-11)18(20)21/h1-8H,9-10H2,(H,17,19). The summed E-state index contributed by atoms with van der Waals surface area (Å²) < 4.78 is 0.921. The number of nitro benzene ring substituents is 1. The number of rotatable bonds is 5. The SMILES string of the molecule is O=C(NCCc1ccc([N+](=O)[O-])cc1)c1ccc(Br)cc1. The van der Waals surface area contributed by atoms with Crippen LogP contribution in [0.15, 0.2) is 53.0 Å². The molecule has 0 saturated heterocycles. The van der Waals surface area contributed by atoms with Crippen molar-refractivity contribution in [3.63, 3.8) is 0 Å². The number of halogens is 1. The van der Waals surface area contributed by atoms with E-state index in [2.05, 4.69) is 21.2 Å². The van der Waals surface area contributed by atoms with Gasteiger partial charge < -0.3 is 5.32 Å². The number of carbonyl (C=O) groups is 1. The van der Waals surface area contributed by atoms with Crippen molar-refractivity contribution in [3.05, 3.63) is 74.2 Å². The van der Waals surface area contributed by atoms with Gasteiger partial charge in [-0.05, 0) is 36.2 Å². The van der Waals surface area contributed by atoms with Crippen LogP contribution in [-0.4, -0.2) is 17.4 Å². The number of nitro groups is 1. The van der Waals surface area contributed by atoms with Crippen LogP contribution >= 0.6 is 15.9 Å². The maximum Gasteiger partial charge on any atom is 0.269 e. The van der Waals surface area contributed by atoms with Crippen molar-refractivity contribution < 1.29 is 9.72 Å². The molecule has 0 fully saturated rings. The fourth-order valence-electron chi connectivity index (χ4n) is 1.81. The molecule has 0 radical (unpaired) electrons. The number of benzene rings is 2. The van der Waals surface area contributed by atoms with Crippen LogP contribution in [0, 0.1) is 10.1 Å². The number of carbonyl (C=O) groups excluding carboxylic acids is 1. The topological polar surface area (TPSA) is 72.2 Å². The Labute approximate surface area is 130 Å². The molecule has 0 aromatic heterocycles. The van der Waals surface area contributed by atoms with Crippen LogP contribution in [0.3, 0.4) is 0 Å². The predicted molar refractivity (Wildman–Crippen MR) is 83.3 cm³/mol. The molecule has 0 aliphatic heterocycles. The van der Waals surface area contributed by atoms with Crippen LogP contribution in [-0.2, 0) is 6.42 Å². The summed E-state index contributed by atoms with van der Waals surface area (Å²) >= 11 is 3.31. The van der Waals surface area contributed by atoms with E-state index in [0.29, 0.717) is 18.5 Å². The van der Waals surface area contributed by atoms with Gasteiger partial charge in [0.05, 0.1) is 4.92 Å². The fraction of sp³-hybridized carbons (Fsp3) is 0.133. The predicted octanol–water partition coefficient (Wildman–Crippen LogP) is 3.33. The van der Waals surface area contributed by atoms with E-state index in [9.17, 15) is 14.9 Å². The largest absolute Gasteiger partial charge is 0.352 e. The van der Waals surface area contributed by atoms with Crippen molar-refractivity contribution in [3.8, 4) is 0 Å². The lowest BCUT2D eigenvalue weighted by molar-refractivity contribution is -0.384. The van der Waals surface area contributed by atoms with E-state index in [4.69, 9.17) is 0 Å². The second kappa shape index (κ2) is 6.99. The molecule has 0 unspecified atom stereocenters. The molecular weight excluding hydrogens is 336 g/mol. The average molecular weight is 349 g/mol. The Bertz CT molecular complexity index is 639. The Kier molecular flexibility index (Phi) is 5.05. The zero-order valence-electron chi connectivity index (χ0n) is 11.1. The Morgan fingerprint density at radius 3 is 2.29 bits per heavy atom. The van der Waals surface area contributed by atoms with Crippen molar-refractivity contribution >= 4 is 27.5 Å². The molecule has 2 aromatic carbocycles. The maximum atomic E-state index is 11.9. The van der Waals surface area contributed by atoms with Gasteiger partial charge in [-0.15, -0.1) is 0 Å². The minimum absolute atomic E-state index is 0.0673. The summed E-state index contributed by atoms with van der Waals surface area (Å²) in [5.41, 5.74) is 1.61. The van der Waals surface area contributed by atoms with E-state index in [1.807, 2.05) is 12.1 Å². The first kappa shape index (κ1) is 15.2. The van der Waals surface area contributed by atoms with Crippen LogP contribution < -0.4 is 5.32 Å². The van der Waals surface area contributed by atoms with Gasteiger partial charge in [-0.1, -0.05) is 28.1 Å². The summed E-state index contributed by atoms with van der Waals surface area (Å²) in [7, 11) is 0. The highest BCUT2D eigenvalue weighted by Crippen LogP contribution is 2.12. The summed E-state index contributed by atoms with van der Waals surface area (Å²) in [6.07, 6.45) is 0.625. The molecule has 5 nitrogen and oxygen atoms in total. The molecule has 0 bridgehead atoms. The van der Waals surface area contributed by atoms with Gasteiger partial charge in [0.2, 0.25) is 0 Å². The van der Waals surface area contributed by atoms with Gasteiger partial charge >= 0.3 is 0 Å². The lowest BCUT2D eigenvalue weighted by Gasteiger charge is -2.05. The van der Waals surface area contributed by atoms with Crippen molar-refractivity contribution in [2.24, 2.45) is 0 Å². The molecular formula is C15H13BrN2O3. The first-order valence-electron chi connectivity index (χ1n) is 6.33. The summed E-state index contributed by atoms with van der Waals surface area (Å²) in [6.45, 7) is 0.479. The molecule has 1 amide bonds. The molecule has 1 N–H and O–H groups in total. The maximum absolute atomic E-state index is 11.9. The number of nitrogens with one attached hydrogen (secondary N) is 1. The van der Waals surface area contributed by atoms with Gasteiger partial charge in [0.15, 0.2) is 0 Å². The third-order valence-corrected chi connectivity index (χ3v) is 3.48. The number of amides is 1. The van der Waals surface area contributed by atoms with Gasteiger partial charge in [0.25, 0.3) is 11.6 Å². The molecule has 2 rings (SSSR count). The number of hydrogen-bond donors (Lipinski definition) is 1. The first-order chi connectivity index (χ1) is 10.1. The third-order valence-electron chi connectivity index (χ3n) is 2.95. The summed E-state index contributed by atoms with van der Waals surface area (Å²) in [4.78, 5) is 22.0. The number of nitrogens with zero attached hydrogens (tertiary/aromatic N) is 1.